The summed E-state index contributed by atoms with van der Waals surface area (Å²) in [6, 6.07) is 14.5. The largest absolute Gasteiger partial charge is 0.427 e. The third-order valence-electron chi connectivity index (χ3n) is 7.92. The van der Waals surface area contributed by atoms with Crippen molar-refractivity contribution >= 4 is 22.6 Å². The molecule has 0 fully saturated rings. The zero-order chi connectivity index (χ0) is 27.4. The minimum Gasteiger partial charge on any atom is -0.427 e. The zero-order valence-corrected chi connectivity index (χ0v) is 26.5. The quantitative estimate of drug-likeness (QED) is 0.176. The van der Waals surface area contributed by atoms with Gasteiger partial charge in [-0.3, -0.25) is 4.79 Å². The molecule has 2 rings (SSSR count). The van der Waals surface area contributed by atoms with E-state index in [0.717, 1.165) is 18.4 Å². The van der Waals surface area contributed by atoms with Crippen LogP contribution in [0.25, 0.3) is 0 Å². The highest BCUT2D eigenvalue weighted by Crippen LogP contribution is 2.39. The molecule has 0 heterocycles. The Morgan fingerprint density at radius 3 is 1.72 bits per heavy atom. The van der Waals surface area contributed by atoms with Gasteiger partial charge in [-0.25, -0.2) is 0 Å². The summed E-state index contributed by atoms with van der Waals surface area (Å²) in [4.78, 5) is 11.3. The van der Waals surface area contributed by atoms with E-state index in [9.17, 15) is 4.79 Å². The normalized spacial score (nSPS) is 13.1. The standard InChI is InChI=1S/C30H48O4Si2/c1-23(31)34-28-14-12-13-24(20-28)15-16-25-17-18-26(21-32-35(8,9)29(2,3)4)27(19-25)22-33-36(10,11)30(5,6)7/h12-14,17-20H,15-16,21-22H2,1-11H3. The first-order valence-corrected chi connectivity index (χ1v) is 18.9. The third kappa shape index (κ3) is 8.68. The highest BCUT2D eigenvalue weighted by Gasteiger charge is 2.38. The van der Waals surface area contributed by atoms with Gasteiger partial charge in [-0.2, -0.15) is 0 Å². The van der Waals surface area contributed by atoms with Crippen LogP contribution in [-0.2, 0) is 39.7 Å². The first-order chi connectivity index (χ1) is 16.4. The van der Waals surface area contributed by atoms with Crippen molar-refractivity contribution in [2.75, 3.05) is 0 Å². The van der Waals surface area contributed by atoms with Crippen LogP contribution >= 0.6 is 0 Å². The Morgan fingerprint density at radius 1 is 0.722 bits per heavy atom. The van der Waals surface area contributed by atoms with Crippen molar-refractivity contribution in [1.82, 2.24) is 0 Å². The molecule has 0 saturated heterocycles. The topological polar surface area (TPSA) is 44.8 Å². The van der Waals surface area contributed by atoms with Crippen LogP contribution in [0.1, 0.15) is 70.7 Å². The summed E-state index contributed by atoms with van der Waals surface area (Å²) in [6.07, 6.45) is 1.78. The Labute approximate surface area is 222 Å². The van der Waals surface area contributed by atoms with Crippen molar-refractivity contribution in [2.45, 2.75) is 111 Å². The third-order valence-corrected chi connectivity index (χ3v) is 16.9. The summed E-state index contributed by atoms with van der Waals surface area (Å²) in [5.41, 5.74) is 4.87. The molecule has 0 amide bonds. The highest BCUT2D eigenvalue weighted by atomic mass is 28.4. The Hall–Kier alpha value is -1.74. The SMILES string of the molecule is CC(=O)Oc1cccc(CCc2ccc(CO[Si](C)(C)C(C)(C)C)c(CO[Si](C)(C)C(C)(C)C)c2)c1. The number of aryl methyl sites for hydroxylation is 2. The van der Waals surface area contributed by atoms with Crippen LogP contribution in [-0.4, -0.2) is 22.6 Å². The minimum absolute atomic E-state index is 0.162. The summed E-state index contributed by atoms with van der Waals surface area (Å²) >= 11 is 0. The Balaban J connectivity index is 2.24. The Kier molecular flexibility index (Phi) is 9.96. The molecule has 0 aliphatic rings. The second-order valence-electron chi connectivity index (χ2n) is 12.9. The number of hydrogen-bond donors (Lipinski definition) is 0. The average Bonchev–Trinajstić information content (AvgIpc) is 2.73. The molecule has 0 spiro atoms. The lowest BCUT2D eigenvalue weighted by molar-refractivity contribution is -0.131. The van der Waals surface area contributed by atoms with Crippen molar-refractivity contribution in [3.05, 3.63) is 64.7 Å². The molecule has 4 nitrogen and oxygen atoms in total. The number of carbonyl (C=O) groups excluding carboxylic acids is 1. The van der Waals surface area contributed by atoms with Crippen molar-refractivity contribution in [2.24, 2.45) is 0 Å². The Morgan fingerprint density at radius 2 is 1.22 bits per heavy atom. The van der Waals surface area contributed by atoms with Gasteiger partial charge in [0.1, 0.15) is 5.75 Å². The van der Waals surface area contributed by atoms with Crippen molar-refractivity contribution in [3.63, 3.8) is 0 Å². The van der Waals surface area contributed by atoms with E-state index in [1.165, 1.54) is 23.6 Å². The Bertz CT molecular complexity index is 1030. The van der Waals surface area contributed by atoms with Crippen molar-refractivity contribution in [3.8, 4) is 5.75 Å². The summed E-state index contributed by atoms with van der Waals surface area (Å²) in [5.74, 6) is 0.301. The van der Waals surface area contributed by atoms with Crippen LogP contribution in [0.3, 0.4) is 0 Å². The maximum Gasteiger partial charge on any atom is 0.308 e. The molecule has 36 heavy (non-hydrogen) atoms. The highest BCUT2D eigenvalue weighted by molar-refractivity contribution is 6.74. The zero-order valence-electron chi connectivity index (χ0n) is 24.5. The lowest BCUT2D eigenvalue weighted by Gasteiger charge is -2.37. The van der Waals surface area contributed by atoms with Crippen LogP contribution in [0.2, 0.25) is 36.3 Å². The van der Waals surface area contributed by atoms with Crippen LogP contribution in [0.5, 0.6) is 5.75 Å². The first kappa shape index (κ1) is 30.5. The summed E-state index contributed by atoms with van der Waals surface area (Å²) in [7, 11) is -3.74. The summed E-state index contributed by atoms with van der Waals surface area (Å²) in [5, 5.41) is 0.334. The second-order valence-corrected chi connectivity index (χ2v) is 22.6. The van der Waals surface area contributed by atoms with Gasteiger partial charge in [0, 0.05) is 6.92 Å². The molecule has 0 aliphatic heterocycles. The van der Waals surface area contributed by atoms with Gasteiger partial charge in [-0.15, -0.1) is 0 Å². The van der Waals surface area contributed by atoms with E-state index in [1.54, 1.807) is 0 Å². The van der Waals surface area contributed by atoms with Gasteiger partial charge in [0.25, 0.3) is 0 Å². The van der Waals surface area contributed by atoms with Gasteiger partial charge in [0.2, 0.25) is 0 Å². The number of rotatable bonds is 10. The molecule has 0 radical (unpaired) electrons. The fourth-order valence-electron chi connectivity index (χ4n) is 3.28. The molecule has 200 valence electrons. The summed E-state index contributed by atoms with van der Waals surface area (Å²) in [6.45, 7) is 25.5. The van der Waals surface area contributed by atoms with Crippen LogP contribution in [0, 0.1) is 0 Å². The van der Waals surface area contributed by atoms with E-state index < -0.39 is 16.6 Å². The average molecular weight is 529 g/mol. The van der Waals surface area contributed by atoms with Gasteiger partial charge in [0.15, 0.2) is 16.6 Å². The minimum atomic E-state index is -1.88. The number of ether oxygens (including phenoxy) is 1. The van der Waals surface area contributed by atoms with E-state index in [-0.39, 0.29) is 16.0 Å². The van der Waals surface area contributed by atoms with Gasteiger partial charge < -0.3 is 13.6 Å². The predicted octanol–water partition coefficient (Wildman–Crippen LogP) is 8.44. The molecular weight excluding hydrogens is 480 g/mol. The molecule has 0 aliphatic carbocycles. The molecule has 0 saturated carbocycles. The molecule has 6 heteroatoms. The van der Waals surface area contributed by atoms with Crippen LogP contribution in [0.4, 0.5) is 0 Å². The first-order valence-electron chi connectivity index (χ1n) is 13.1. The second kappa shape index (κ2) is 11.8. The molecule has 0 N–H and O–H groups in total. The maximum absolute atomic E-state index is 11.3. The molecule has 0 bridgehead atoms. The van der Waals surface area contributed by atoms with E-state index in [4.69, 9.17) is 13.6 Å². The monoisotopic (exact) mass is 528 g/mol. The van der Waals surface area contributed by atoms with Gasteiger partial charge in [-0.1, -0.05) is 71.9 Å². The van der Waals surface area contributed by atoms with E-state index in [2.05, 4.69) is 92.0 Å². The number of hydrogen-bond acceptors (Lipinski definition) is 4. The smallest absolute Gasteiger partial charge is 0.308 e. The number of esters is 1. The van der Waals surface area contributed by atoms with Crippen molar-refractivity contribution in [1.29, 1.82) is 0 Å². The molecular formula is C30H48O4Si2. The molecule has 2 aromatic rings. The number of carbonyl (C=O) groups is 1. The fraction of sp³-hybridized carbons (Fsp3) is 0.567. The lowest BCUT2D eigenvalue weighted by atomic mass is 9.99. The van der Waals surface area contributed by atoms with E-state index in [0.29, 0.717) is 19.0 Å². The van der Waals surface area contributed by atoms with Crippen LogP contribution in [0.15, 0.2) is 42.5 Å². The van der Waals surface area contributed by atoms with Gasteiger partial charge in [-0.05, 0) is 83.5 Å². The van der Waals surface area contributed by atoms with Gasteiger partial charge >= 0.3 is 5.97 Å². The van der Waals surface area contributed by atoms with Crippen molar-refractivity contribution < 1.29 is 18.4 Å². The predicted molar refractivity (Wildman–Crippen MR) is 156 cm³/mol. The molecule has 2 aromatic carbocycles. The maximum atomic E-state index is 11.3. The van der Waals surface area contributed by atoms with E-state index in [1.807, 2.05) is 18.2 Å². The van der Waals surface area contributed by atoms with E-state index >= 15 is 0 Å². The van der Waals surface area contributed by atoms with Gasteiger partial charge in [0.05, 0.1) is 13.2 Å². The van der Waals surface area contributed by atoms with Crippen LogP contribution < -0.4 is 4.74 Å². The summed E-state index contributed by atoms with van der Waals surface area (Å²) < 4.78 is 18.5. The lowest BCUT2D eigenvalue weighted by Crippen LogP contribution is -2.41. The number of benzene rings is 2. The molecule has 0 atom stereocenters. The fourth-order valence-corrected chi connectivity index (χ4v) is 5.18. The molecule has 0 unspecified atom stereocenters. The molecule has 0 aromatic heterocycles.